The molecule has 0 radical (unpaired) electrons. The van der Waals surface area contributed by atoms with E-state index in [4.69, 9.17) is 19.4 Å². The normalized spacial score (nSPS) is 11.7. The number of rotatable bonds is 5. The first-order valence-corrected chi connectivity index (χ1v) is 19.5. The first-order chi connectivity index (χ1) is 29.2. The van der Waals surface area contributed by atoms with Gasteiger partial charge < -0.3 is 13.6 Å². The quantitative estimate of drug-likeness (QED) is 0.175. The van der Waals surface area contributed by atoms with Crippen LogP contribution in [0.1, 0.15) is 5.56 Å². The maximum Gasteiger partial charge on any atom is 0.167 e. The Morgan fingerprint density at radius 3 is 1.54 bits per heavy atom. The number of fused-ring (bicyclic) bond motifs is 10. The van der Waals surface area contributed by atoms with Crippen molar-refractivity contribution in [2.24, 2.45) is 0 Å². The van der Waals surface area contributed by atoms with Crippen molar-refractivity contribution >= 4 is 65.6 Å². The van der Waals surface area contributed by atoms with E-state index >= 15 is 0 Å². The predicted octanol–water partition coefficient (Wildman–Crippen LogP) is 12.8. The highest BCUT2D eigenvalue weighted by Gasteiger charge is 2.27. The summed E-state index contributed by atoms with van der Waals surface area (Å²) in [5.74, 6) is 1.48. The zero-order valence-electron chi connectivity index (χ0n) is 31.4. The fourth-order valence-electron chi connectivity index (χ4n) is 8.91. The van der Waals surface area contributed by atoms with Gasteiger partial charge in [0.15, 0.2) is 17.5 Å². The van der Waals surface area contributed by atoms with Gasteiger partial charge in [-0.3, -0.25) is 0 Å². The van der Waals surface area contributed by atoms with Crippen LogP contribution >= 0.6 is 0 Å². The smallest absolute Gasteiger partial charge is 0.167 e. The molecule has 59 heavy (non-hydrogen) atoms. The van der Waals surface area contributed by atoms with E-state index in [-0.39, 0.29) is 0 Å². The average Bonchev–Trinajstić information content (AvgIpc) is 3.97. The Morgan fingerprint density at radius 2 is 0.932 bits per heavy atom. The van der Waals surface area contributed by atoms with Gasteiger partial charge in [-0.1, -0.05) is 133 Å². The molecule has 7 heteroatoms. The van der Waals surface area contributed by atoms with E-state index in [0.29, 0.717) is 39.8 Å². The van der Waals surface area contributed by atoms with Crippen LogP contribution in [-0.2, 0) is 0 Å². The van der Waals surface area contributed by atoms with Crippen LogP contribution < -0.4 is 0 Å². The van der Waals surface area contributed by atoms with Crippen molar-refractivity contribution in [2.75, 3.05) is 0 Å². The van der Waals surface area contributed by atoms with Crippen molar-refractivity contribution in [1.82, 2.24) is 24.1 Å². The van der Waals surface area contributed by atoms with Gasteiger partial charge in [0, 0.05) is 43.7 Å². The molecule has 0 atom stereocenters. The van der Waals surface area contributed by atoms with Crippen molar-refractivity contribution in [3.05, 3.63) is 188 Å². The summed E-state index contributed by atoms with van der Waals surface area (Å²) in [6, 6.07) is 64.3. The molecule has 0 aliphatic carbocycles. The van der Waals surface area contributed by atoms with Gasteiger partial charge in [0.25, 0.3) is 0 Å². The van der Waals surface area contributed by atoms with Crippen molar-refractivity contribution in [3.8, 4) is 51.6 Å². The minimum Gasteiger partial charge on any atom is -0.455 e. The molecule has 0 saturated heterocycles. The van der Waals surface area contributed by atoms with Crippen LogP contribution in [0, 0.1) is 11.3 Å². The summed E-state index contributed by atoms with van der Waals surface area (Å²) in [6.45, 7) is 0. The van der Waals surface area contributed by atoms with Gasteiger partial charge in [-0.05, 0) is 48.5 Å². The van der Waals surface area contributed by atoms with E-state index in [0.717, 1.165) is 76.9 Å². The predicted molar refractivity (Wildman–Crippen MR) is 237 cm³/mol. The van der Waals surface area contributed by atoms with E-state index in [2.05, 4.69) is 106 Å². The van der Waals surface area contributed by atoms with Crippen molar-refractivity contribution in [1.29, 1.82) is 5.26 Å². The molecule has 0 bridgehead atoms. The summed E-state index contributed by atoms with van der Waals surface area (Å²) < 4.78 is 11.4. The van der Waals surface area contributed by atoms with Gasteiger partial charge in [-0.25, -0.2) is 15.0 Å². The largest absolute Gasteiger partial charge is 0.455 e. The third kappa shape index (κ3) is 4.90. The molecule has 0 spiro atoms. The fourth-order valence-corrected chi connectivity index (χ4v) is 8.91. The van der Waals surface area contributed by atoms with Gasteiger partial charge >= 0.3 is 0 Å². The number of benzene rings is 8. The van der Waals surface area contributed by atoms with E-state index in [1.807, 2.05) is 91.0 Å². The Labute approximate surface area is 337 Å². The number of hydrogen-bond acceptors (Lipinski definition) is 5. The van der Waals surface area contributed by atoms with E-state index in [1.54, 1.807) is 0 Å². The van der Waals surface area contributed by atoms with Crippen LogP contribution in [0.2, 0.25) is 0 Å². The Hall–Kier alpha value is -8.34. The van der Waals surface area contributed by atoms with Crippen molar-refractivity contribution < 1.29 is 4.42 Å². The molecule has 12 rings (SSSR count). The Balaban J connectivity index is 1.21. The SMILES string of the molecule is N#Cc1cc(-c2nc(-c3ccccc3)nc(-c3ccccc3)n2)c2oc3ccccc3c2c1-n1c2ccccc2c2c3c4ccccc4n(-c4ccccc4)c3ccc21. The van der Waals surface area contributed by atoms with Gasteiger partial charge in [-0.2, -0.15) is 5.26 Å². The number of nitrogens with zero attached hydrogens (tertiary/aromatic N) is 6. The molecule has 4 heterocycles. The third-order valence-electron chi connectivity index (χ3n) is 11.4. The highest BCUT2D eigenvalue weighted by atomic mass is 16.3. The highest BCUT2D eigenvalue weighted by Crippen LogP contribution is 2.46. The Morgan fingerprint density at radius 1 is 0.441 bits per heavy atom. The molecule has 0 aliphatic heterocycles. The third-order valence-corrected chi connectivity index (χ3v) is 11.4. The molecule has 0 saturated carbocycles. The first-order valence-electron chi connectivity index (χ1n) is 19.5. The highest BCUT2D eigenvalue weighted by molar-refractivity contribution is 6.29. The minimum atomic E-state index is 0.419. The number of furan rings is 1. The molecule has 0 aliphatic rings. The summed E-state index contributed by atoms with van der Waals surface area (Å²) in [4.78, 5) is 15.1. The molecule has 12 aromatic rings. The molecule has 0 N–H and O–H groups in total. The van der Waals surface area contributed by atoms with Crippen LogP contribution in [0.3, 0.4) is 0 Å². The lowest BCUT2D eigenvalue weighted by atomic mass is 10.0. The zero-order chi connectivity index (χ0) is 39.0. The summed E-state index contributed by atoms with van der Waals surface area (Å²) in [7, 11) is 0. The van der Waals surface area contributed by atoms with Crippen molar-refractivity contribution in [2.45, 2.75) is 0 Å². The molecule has 274 valence electrons. The second-order valence-corrected chi connectivity index (χ2v) is 14.7. The topological polar surface area (TPSA) is 85.5 Å². The van der Waals surface area contributed by atoms with Gasteiger partial charge in [0.1, 0.15) is 17.2 Å². The maximum absolute atomic E-state index is 11.3. The number of nitriles is 1. The molecule has 0 unspecified atom stereocenters. The van der Waals surface area contributed by atoms with Crippen LogP contribution in [0.5, 0.6) is 0 Å². The number of aromatic nitrogens is 5. The standard InChI is InChI=1S/C52H30N6O/c53-31-34-30-39(52-55-50(32-16-4-1-5-17-32)54-51(56-52)33-18-6-2-7-19-33)49-47(38-24-12-15-27-44(38)59-49)48(34)58-41-26-14-11-23-37(41)46-43(58)29-28-42-45(46)36-22-10-13-25-40(36)57(42)35-20-8-3-9-21-35/h1-30H. The fraction of sp³-hybridized carbons (Fsp3) is 0. The molecular formula is C52H30N6O. The van der Waals surface area contributed by atoms with E-state index < -0.39 is 0 Å². The maximum atomic E-state index is 11.3. The van der Waals surface area contributed by atoms with E-state index in [9.17, 15) is 5.26 Å². The second-order valence-electron chi connectivity index (χ2n) is 14.7. The number of hydrogen-bond donors (Lipinski definition) is 0. The van der Waals surface area contributed by atoms with Crippen molar-refractivity contribution in [3.63, 3.8) is 0 Å². The molecular weight excluding hydrogens is 725 g/mol. The molecule has 0 fully saturated rings. The van der Waals surface area contributed by atoms with Crippen LogP contribution in [-0.4, -0.2) is 24.1 Å². The van der Waals surface area contributed by atoms with Gasteiger partial charge in [0.05, 0.1) is 44.3 Å². The van der Waals surface area contributed by atoms with E-state index in [1.165, 1.54) is 0 Å². The molecule has 7 nitrogen and oxygen atoms in total. The lowest BCUT2D eigenvalue weighted by Crippen LogP contribution is -2.03. The summed E-state index contributed by atoms with van der Waals surface area (Å²) in [5.41, 5.74) is 10.2. The van der Waals surface area contributed by atoms with Crippen LogP contribution in [0.15, 0.2) is 186 Å². The summed E-state index contributed by atoms with van der Waals surface area (Å²) in [5, 5.41) is 17.5. The monoisotopic (exact) mass is 754 g/mol. The second kappa shape index (κ2) is 12.8. The zero-order valence-corrected chi connectivity index (χ0v) is 31.4. The first kappa shape index (κ1) is 32.9. The van der Waals surface area contributed by atoms with Gasteiger partial charge in [-0.15, -0.1) is 0 Å². The molecule has 0 amide bonds. The Bertz CT molecular complexity index is 3610. The summed E-state index contributed by atoms with van der Waals surface area (Å²) in [6.07, 6.45) is 0. The summed E-state index contributed by atoms with van der Waals surface area (Å²) >= 11 is 0. The molecule has 8 aromatic carbocycles. The Kier molecular flexibility index (Phi) is 7.16. The average molecular weight is 755 g/mol. The van der Waals surface area contributed by atoms with Crippen LogP contribution in [0.4, 0.5) is 0 Å². The van der Waals surface area contributed by atoms with Crippen LogP contribution in [0.25, 0.3) is 111 Å². The minimum absolute atomic E-state index is 0.419. The van der Waals surface area contributed by atoms with Gasteiger partial charge in [0.2, 0.25) is 0 Å². The lowest BCUT2D eigenvalue weighted by molar-refractivity contribution is 0.669. The lowest BCUT2D eigenvalue weighted by Gasteiger charge is -2.15. The number of para-hydroxylation sites is 4. The molecule has 4 aromatic heterocycles.